The van der Waals surface area contributed by atoms with Gasteiger partial charge in [-0.25, -0.2) is 4.68 Å². The number of nitrogens with two attached hydrogens (primary N) is 1. The molecule has 0 aliphatic carbocycles. The maximum absolute atomic E-state index is 6.06. The molecule has 3 aromatic rings. The number of nitrogen functional groups attached to an aromatic ring is 1. The van der Waals surface area contributed by atoms with Crippen LogP contribution in [0.25, 0.3) is 11.3 Å². The summed E-state index contributed by atoms with van der Waals surface area (Å²) in [5.74, 6) is 0.630. The van der Waals surface area contributed by atoms with E-state index in [4.69, 9.17) is 17.3 Å². The Labute approximate surface area is 136 Å². The zero-order valence-corrected chi connectivity index (χ0v) is 13.5. The molecule has 0 spiro atoms. The molecule has 0 fully saturated rings. The summed E-state index contributed by atoms with van der Waals surface area (Å²) in [6.45, 7) is 0.631. The molecule has 0 unspecified atom stereocenters. The molecule has 5 heteroatoms. The predicted octanol–water partition coefficient (Wildman–Crippen LogP) is 4.60. The summed E-state index contributed by atoms with van der Waals surface area (Å²) in [7, 11) is 0. The van der Waals surface area contributed by atoms with Crippen molar-refractivity contribution in [2.24, 2.45) is 0 Å². The van der Waals surface area contributed by atoms with Crippen LogP contribution in [0.1, 0.15) is 5.56 Å². The molecule has 2 aromatic carbocycles. The molecule has 1 heterocycles. The average molecular weight is 363 g/mol. The zero-order valence-electron chi connectivity index (χ0n) is 11.1. The fraction of sp³-hybridized carbons (Fsp3) is 0.0625. The van der Waals surface area contributed by atoms with Crippen LogP contribution in [-0.2, 0) is 6.54 Å². The van der Waals surface area contributed by atoms with Crippen LogP contribution in [0.3, 0.4) is 0 Å². The molecular formula is C16H13BrClN3. The molecule has 0 amide bonds. The number of hydrogen-bond donors (Lipinski definition) is 1. The normalized spacial score (nSPS) is 10.8. The van der Waals surface area contributed by atoms with Gasteiger partial charge in [-0.2, -0.15) is 5.10 Å². The van der Waals surface area contributed by atoms with E-state index >= 15 is 0 Å². The number of anilines is 1. The van der Waals surface area contributed by atoms with Gasteiger partial charge in [0.2, 0.25) is 0 Å². The number of aromatic nitrogens is 2. The maximum Gasteiger partial charge on any atom is 0.122 e. The van der Waals surface area contributed by atoms with Crippen LogP contribution in [0.15, 0.2) is 59.1 Å². The van der Waals surface area contributed by atoms with E-state index in [2.05, 4.69) is 27.1 Å². The lowest BCUT2D eigenvalue weighted by molar-refractivity contribution is 0.699. The second kappa shape index (κ2) is 5.92. The van der Waals surface area contributed by atoms with Gasteiger partial charge in [-0.1, -0.05) is 51.8 Å². The minimum absolute atomic E-state index is 0.630. The topological polar surface area (TPSA) is 43.8 Å². The van der Waals surface area contributed by atoms with Crippen molar-refractivity contribution in [3.63, 3.8) is 0 Å². The van der Waals surface area contributed by atoms with Crippen molar-refractivity contribution >= 4 is 33.3 Å². The highest BCUT2D eigenvalue weighted by molar-refractivity contribution is 9.10. The van der Waals surface area contributed by atoms with E-state index in [1.54, 1.807) is 4.68 Å². The second-order valence-electron chi connectivity index (χ2n) is 4.75. The first-order valence-electron chi connectivity index (χ1n) is 6.45. The smallest absolute Gasteiger partial charge is 0.122 e. The van der Waals surface area contributed by atoms with Crippen molar-refractivity contribution in [3.8, 4) is 11.3 Å². The van der Waals surface area contributed by atoms with E-state index < -0.39 is 0 Å². The van der Waals surface area contributed by atoms with Gasteiger partial charge >= 0.3 is 0 Å². The molecular weight excluding hydrogens is 350 g/mol. The van der Waals surface area contributed by atoms with Crippen molar-refractivity contribution < 1.29 is 0 Å². The van der Waals surface area contributed by atoms with E-state index in [-0.39, 0.29) is 0 Å². The fourth-order valence-electron chi connectivity index (χ4n) is 2.16. The fourth-order valence-corrected chi connectivity index (χ4v) is 2.79. The minimum atomic E-state index is 0.630. The number of nitrogens with zero attached hydrogens (tertiary/aromatic N) is 2. The number of halogens is 2. The number of rotatable bonds is 3. The Balaban J connectivity index is 1.91. The lowest BCUT2D eigenvalue weighted by atomic mass is 10.1. The lowest BCUT2D eigenvalue weighted by Crippen LogP contribution is -2.05. The van der Waals surface area contributed by atoms with Gasteiger partial charge in [-0.05, 0) is 29.8 Å². The first kappa shape index (κ1) is 14.2. The molecule has 0 aliphatic rings. The van der Waals surface area contributed by atoms with Gasteiger partial charge in [0.1, 0.15) is 5.82 Å². The van der Waals surface area contributed by atoms with E-state index in [0.29, 0.717) is 17.4 Å². The standard InChI is InChI=1S/C16H13BrClN3/c17-13-5-1-3-11(7-13)10-21-16(19)9-15(20-21)12-4-2-6-14(18)8-12/h1-9H,10,19H2. The summed E-state index contributed by atoms with van der Waals surface area (Å²) < 4.78 is 2.83. The summed E-state index contributed by atoms with van der Waals surface area (Å²) in [6.07, 6.45) is 0. The van der Waals surface area contributed by atoms with Gasteiger partial charge in [0.25, 0.3) is 0 Å². The van der Waals surface area contributed by atoms with Crippen molar-refractivity contribution in [1.82, 2.24) is 9.78 Å². The maximum atomic E-state index is 6.06. The molecule has 2 N–H and O–H groups in total. The second-order valence-corrected chi connectivity index (χ2v) is 6.10. The molecule has 106 valence electrons. The van der Waals surface area contributed by atoms with Crippen molar-refractivity contribution in [2.75, 3.05) is 5.73 Å². The first-order valence-corrected chi connectivity index (χ1v) is 7.62. The molecule has 3 nitrogen and oxygen atoms in total. The van der Waals surface area contributed by atoms with Crippen LogP contribution < -0.4 is 5.73 Å². The minimum Gasteiger partial charge on any atom is -0.384 e. The summed E-state index contributed by atoms with van der Waals surface area (Å²) in [5, 5.41) is 5.25. The average Bonchev–Trinajstić information content (AvgIpc) is 2.80. The molecule has 0 radical (unpaired) electrons. The largest absolute Gasteiger partial charge is 0.384 e. The Morgan fingerprint density at radius 2 is 1.90 bits per heavy atom. The summed E-state index contributed by atoms with van der Waals surface area (Å²) in [5.41, 5.74) is 8.98. The van der Waals surface area contributed by atoms with Gasteiger partial charge in [0.05, 0.1) is 12.2 Å². The highest BCUT2D eigenvalue weighted by atomic mass is 79.9. The van der Waals surface area contributed by atoms with Gasteiger partial charge in [-0.15, -0.1) is 0 Å². The van der Waals surface area contributed by atoms with Gasteiger partial charge < -0.3 is 5.73 Å². The van der Waals surface area contributed by atoms with Gasteiger partial charge in [0, 0.05) is 21.1 Å². The van der Waals surface area contributed by atoms with E-state index in [0.717, 1.165) is 21.3 Å². The van der Waals surface area contributed by atoms with Gasteiger partial charge in [0.15, 0.2) is 0 Å². The van der Waals surface area contributed by atoms with Crippen LogP contribution in [0.4, 0.5) is 5.82 Å². The third-order valence-corrected chi connectivity index (χ3v) is 3.88. The summed E-state index contributed by atoms with van der Waals surface area (Å²) in [6, 6.07) is 17.6. The lowest BCUT2D eigenvalue weighted by Gasteiger charge is -2.04. The molecule has 0 saturated heterocycles. The predicted molar refractivity (Wildman–Crippen MR) is 90.3 cm³/mol. The van der Waals surface area contributed by atoms with E-state index in [1.165, 1.54) is 0 Å². The molecule has 0 bridgehead atoms. The molecule has 0 aliphatic heterocycles. The zero-order chi connectivity index (χ0) is 14.8. The molecule has 0 saturated carbocycles. The van der Waals surface area contributed by atoms with Crippen LogP contribution in [0.5, 0.6) is 0 Å². The number of benzene rings is 2. The van der Waals surface area contributed by atoms with E-state index in [9.17, 15) is 0 Å². The Kier molecular flexibility index (Phi) is 3.99. The molecule has 0 atom stereocenters. The van der Waals surface area contributed by atoms with Crippen molar-refractivity contribution in [3.05, 3.63) is 69.7 Å². The first-order chi connectivity index (χ1) is 10.1. The van der Waals surface area contributed by atoms with Crippen molar-refractivity contribution in [1.29, 1.82) is 0 Å². The third kappa shape index (κ3) is 3.28. The summed E-state index contributed by atoms with van der Waals surface area (Å²) >= 11 is 9.49. The monoisotopic (exact) mass is 361 g/mol. The quantitative estimate of drug-likeness (QED) is 0.740. The molecule has 1 aromatic heterocycles. The van der Waals surface area contributed by atoms with E-state index in [1.807, 2.05) is 48.5 Å². The van der Waals surface area contributed by atoms with Gasteiger partial charge in [-0.3, -0.25) is 0 Å². The molecule has 21 heavy (non-hydrogen) atoms. The SMILES string of the molecule is Nc1cc(-c2cccc(Cl)c2)nn1Cc1cccc(Br)c1. The Bertz CT molecular complexity index is 783. The van der Waals surface area contributed by atoms with Crippen LogP contribution in [-0.4, -0.2) is 9.78 Å². The van der Waals surface area contributed by atoms with Crippen LogP contribution in [0.2, 0.25) is 5.02 Å². The Morgan fingerprint density at radius 3 is 2.67 bits per heavy atom. The van der Waals surface area contributed by atoms with Crippen LogP contribution in [0, 0.1) is 0 Å². The Morgan fingerprint density at radius 1 is 1.10 bits per heavy atom. The van der Waals surface area contributed by atoms with Crippen molar-refractivity contribution in [2.45, 2.75) is 6.54 Å². The van der Waals surface area contributed by atoms with Crippen LogP contribution >= 0.6 is 27.5 Å². The highest BCUT2D eigenvalue weighted by Crippen LogP contribution is 2.24. The highest BCUT2D eigenvalue weighted by Gasteiger charge is 2.08. The Hall–Kier alpha value is -1.78. The third-order valence-electron chi connectivity index (χ3n) is 3.15. The summed E-state index contributed by atoms with van der Waals surface area (Å²) in [4.78, 5) is 0. The molecule has 3 rings (SSSR count). The number of hydrogen-bond acceptors (Lipinski definition) is 2.